The van der Waals surface area contributed by atoms with Gasteiger partial charge in [0.1, 0.15) is 6.54 Å². The van der Waals surface area contributed by atoms with Gasteiger partial charge in [0.2, 0.25) is 11.8 Å². The van der Waals surface area contributed by atoms with Crippen LogP contribution in [0.5, 0.6) is 0 Å². The zero-order valence-corrected chi connectivity index (χ0v) is 16.3. The van der Waals surface area contributed by atoms with Crippen molar-refractivity contribution in [3.05, 3.63) is 89.4 Å². The summed E-state index contributed by atoms with van der Waals surface area (Å²) in [4.78, 5) is 31.8. The van der Waals surface area contributed by atoms with E-state index in [4.69, 9.17) is 16.6 Å². The number of para-hydroxylation sites is 3. The molecule has 0 aliphatic carbocycles. The van der Waals surface area contributed by atoms with E-state index in [1.54, 1.807) is 24.3 Å². The highest BCUT2D eigenvalue weighted by Crippen LogP contribution is 2.33. The molecule has 0 fully saturated rings. The van der Waals surface area contributed by atoms with Gasteiger partial charge in [-0.05, 0) is 30.3 Å². The number of aliphatic imine (C=N–C) groups is 1. The number of fused-ring (bicyclic) bond motifs is 1. The third-order valence-electron chi connectivity index (χ3n) is 4.59. The highest BCUT2D eigenvalue weighted by Gasteiger charge is 2.27. The highest BCUT2D eigenvalue weighted by atomic mass is 35.5. The lowest BCUT2D eigenvalue weighted by atomic mass is 10.1. The van der Waals surface area contributed by atoms with E-state index >= 15 is 0 Å². The molecule has 0 radical (unpaired) electrons. The maximum Gasteiger partial charge on any atom is 0.244 e. The molecule has 3 aromatic carbocycles. The lowest BCUT2D eigenvalue weighted by Gasteiger charge is -2.22. The molecule has 6 heteroatoms. The summed E-state index contributed by atoms with van der Waals surface area (Å²) in [5, 5.41) is 3.36. The Balaban J connectivity index is 1.64. The van der Waals surface area contributed by atoms with Crippen LogP contribution in [-0.2, 0) is 9.59 Å². The minimum Gasteiger partial charge on any atom is -0.325 e. The fourth-order valence-electron chi connectivity index (χ4n) is 3.23. The topological polar surface area (TPSA) is 61.8 Å². The number of halogens is 1. The molecule has 4 rings (SSSR count). The van der Waals surface area contributed by atoms with Crippen molar-refractivity contribution in [2.75, 3.05) is 16.8 Å². The SMILES string of the molecule is O=C(CN1C(=O)CC(c2ccccc2Cl)=Nc2ccccc21)Nc1ccccc1. The minimum atomic E-state index is -0.277. The molecule has 144 valence electrons. The number of nitrogens with zero attached hydrogens (tertiary/aromatic N) is 2. The van der Waals surface area contributed by atoms with E-state index in [9.17, 15) is 9.59 Å². The van der Waals surface area contributed by atoms with Gasteiger partial charge in [-0.25, -0.2) is 0 Å². The number of benzene rings is 3. The molecule has 0 aromatic heterocycles. The van der Waals surface area contributed by atoms with Crippen LogP contribution < -0.4 is 10.2 Å². The highest BCUT2D eigenvalue weighted by molar-refractivity contribution is 6.35. The van der Waals surface area contributed by atoms with Crippen molar-refractivity contribution in [1.82, 2.24) is 0 Å². The van der Waals surface area contributed by atoms with Crippen molar-refractivity contribution in [3.8, 4) is 0 Å². The van der Waals surface area contributed by atoms with Gasteiger partial charge in [0.05, 0.1) is 23.5 Å². The summed E-state index contributed by atoms with van der Waals surface area (Å²) in [5.74, 6) is -0.489. The van der Waals surface area contributed by atoms with Crippen molar-refractivity contribution in [2.24, 2.45) is 4.99 Å². The maximum absolute atomic E-state index is 13.1. The van der Waals surface area contributed by atoms with Crippen LogP contribution in [-0.4, -0.2) is 24.1 Å². The Morgan fingerprint density at radius 2 is 1.66 bits per heavy atom. The molecule has 0 spiro atoms. The zero-order chi connectivity index (χ0) is 20.2. The van der Waals surface area contributed by atoms with Crippen molar-refractivity contribution >= 4 is 46.2 Å². The van der Waals surface area contributed by atoms with Gasteiger partial charge in [-0.1, -0.05) is 60.1 Å². The summed E-state index contributed by atoms with van der Waals surface area (Å²) in [6.07, 6.45) is 0.0526. The second-order valence-corrected chi connectivity index (χ2v) is 7.01. The summed E-state index contributed by atoms with van der Waals surface area (Å²) in [6.45, 7) is -0.101. The normalized spacial score (nSPS) is 13.3. The Bertz CT molecular complexity index is 1100. The second-order valence-electron chi connectivity index (χ2n) is 6.60. The molecule has 3 aromatic rings. The van der Waals surface area contributed by atoms with Gasteiger partial charge < -0.3 is 10.2 Å². The van der Waals surface area contributed by atoms with Crippen LogP contribution in [0.3, 0.4) is 0 Å². The maximum atomic E-state index is 13.1. The van der Waals surface area contributed by atoms with E-state index in [0.717, 1.165) is 0 Å². The van der Waals surface area contributed by atoms with Crippen LogP contribution in [0.4, 0.5) is 17.1 Å². The van der Waals surface area contributed by atoms with Gasteiger partial charge in [-0.15, -0.1) is 0 Å². The van der Waals surface area contributed by atoms with Crippen molar-refractivity contribution in [1.29, 1.82) is 0 Å². The van der Waals surface area contributed by atoms with Gasteiger partial charge in [0.25, 0.3) is 0 Å². The van der Waals surface area contributed by atoms with E-state index in [2.05, 4.69) is 5.32 Å². The smallest absolute Gasteiger partial charge is 0.244 e. The molecular weight excluding hydrogens is 386 g/mol. The lowest BCUT2D eigenvalue weighted by Crippen LogP contribution is -2.38. The number of rotatable bonds is 4. The molecule has 5 nitrogen and oxygen atoms in total. The average Bonchev–Trinajstić information content (AvgIpc) is 2.86. The third kappa shape index (κ3) is 4.20. The molecule has 29 heavy (non-hydrogen) atoms. The monoisotopic (exact) mass is 403 g/mol. The molecular formula is C23H18ClN3O2. The molecule has 1 aliphatic heterocycles. The number of anilines is 2. The van der Waals surface area contributed by atoms with Crippen molar-refractivity contribution in [3.63, 3.8) is 0 Å². The molecule has 0 unspecified atom stereocenters. The van der Waals surface area contributed by atoms with Crippen LogP contribution in [0.25, 0.3) is 0 Å². The number of amides is 2. The van der Waals surface area contributed by atoms with E-state index in [1.165, 1.54) is 4.90 Å². The first-order valence-electron chi connectivity index (χ1n) is 9.18. The van der Waals surface area contributed by atoms with Gasteiger partial charge in [-0.3, -0.25) is 14.6 Å². The van der Waals surface area contributed by atoms with Crippen LogP contribution in [0.1, 0.15) is 12.0 Å². The fourth-order valence-corrected chi connectivity index (χ4v) is 3.48. The molecule has 1 N–H and O–H groups in total. The number of nitrogens with one attached hydrogen (secondary N) is 1. The van der Waals surface area contributed by atoms with Crippen molar-refractivity contribution < 1.29 is 9.59 Å². The van der Waals surface area contributed by atoms with Crippen LogP contribution in [0.15, 0.2) is 83.9 Å². The molecule has 1 heterocycles. The Labute approximate surface area is 173 Å². The molecule has 2 amide bonds. The van der Waals surface area contributed by atoms with Crippen LogP contribution >= 0.6 is 11.6 Å². The predicted molar refractivity (Wildman–Crippen MR) is 116 cm³/mol. The van der Waals surface area contributed by atoms with Gasteiger partial charge in [-0.2, -0.15) is 0 Å². The molecule has 0 saturated carbocycles. The summed E-state index contributed by atoms with van der Waals surface area (Å²) in [6, 6.07) is 23.7. The Morgan fingerprint density at radius 3 is 2.45 bits per heavy atom. The first kappa shape index (κ1) is 18.9. The van der Waals surface area contributed by atoms with Crippen molar-refractivity contribution in [2.45, 2.75) is 6.42 Å². The third-order valence-corrected chi connectivity index (χ3v) is 4.92. The first-order chi connectivity index (χ1) is 14.1. The Kier molecular flexibility index (Phi) is 5.40. The van der Waals surface area contributed by atoms with E-state index in [1.807, 2.05) is 54.6 Å². The number of hydrogen-bond donors (Lipinski definition) is 1. The van der Waals surface area contributed by atoms with E-state index in [-0.39, 0.29) is 24.8 Å². The van der Waals surface area contributed by atoms with Gasteiger partial charge in [0.15, 0.2) is 0 Å². The first-order valence-corrected chi connectivity index (χ1v) is 9.56. The average molecular weight is 404 g/mol. The van der Waals surface area contributed by atoms with E-state index in [0.29, 0.717) is 33.4 Å². The second kappa shape index (κ2) is 8.29. The lowest BCUT2D eigenvalue weighted by molar-refractivity contribution is -0.120. The Hall–Kier alpha value is -3.44. The molecule has 0 saturated heterocycles. The summed E-state index contributed by atoms with van der Waals surface area (Å²) in [5.41, 5.74) is 3.21. The van der Waals surface area contributed by atoms with Gasteiger partial charge in [0, 0.05) is 16.3 Å². The molecule has 1 aliphatic rings. The van der Waals surface area contributed by atoms with Crippen LogP contribution in [0, 0.1) is 0 Å². The fraction of sp³-hybridized carbons (Fsp3) is 0.0870. The summed E-state index contributed by atoms with van der Waals surface area (Å²) in [7, 11) is 0. The predicted octanol–water partition coefficient (Wildman–Crippen LogP) is 4.84. The quantitative estimate of drug-likeness (QED) is 0.677. The molecule has 0 atom stereocenters. The standard InChI is InChI=1S/C23H18ClN3O2/c24-18-11-5-4-10-17(18)20-14-23(29)27(21-13-7-6-12-19(21)26-20)15-22(28)25-16-8-2-1-3-9-16/h1-13H,14-15H2,(H,25,28). The summed E-state index contributed by atoms with van der Waals surface area (Å²) < 4.78 is 0. The number of carbonyl (C=O) groups excluding carboxylic acids is 2. The minimum absolute atomic E-state index is 0.0526. The van der Waals surface area contributed by atoms with E-state index < -0.39 is 0 Å². The Morgan fingerprint density at radius 1 is 0.966 bits per heavy atom. The van der Waals surface area contributed by atoms with Crippen LogP contribution in [0.2, 0.25) is 5.02 Å². The number of hydrogen-bond acceptors (Lipinski definition) is 3. The largest absolute Gasteiger partial charge is 0.325 e. The van der Waals surface area contributed by atoms with Gasteiger partial charge >= 0.3 is 0 Å². The molecule has 0 bridgehead atoms. The number of carbonyl (C=O) groups is 2. The summed E-state index contributed by atoms with van der Waals surface area (Å²) >= 11 is 6.33. The zero-order valence-electron chi connectivity index (χ0n) is 15.5.